The Bertz CT molecular complexity index is 1240. The van der Waals surface area contributed by atoms with Gasteiger partial charge in [0, 0.05) is 37.4 Å². The van der Waals surface area contributed by atoms with Crippen LogP contribution in [0.25, 0.3) is 0 Å². The van der Waals surface area contributed by atoms with Crippen LogP contribution in [0.15, 0.2) is 36.4 Å². The molecule has 2 aromatic rings. The van der Waals surface area contributed by atoms with E-state index in [-0.39, 0.29) is 23.6 Å². The van der Waals surface area contributed by atoms with E-state index in [0.29, 0.717) is 43.1 Å². The second kappa shape index (κ2) is 9.52. The van der Waals surface area contributed by atoms with Crippen LogP contribution >= 0.6 is 0 Å². The van der Waals surface area contributed by atoms with Crippen LogP contribution in [0.3, 0.4) is 0 Å². The Balaban J connectivity index is 1.13. The standard InChI is InChI=1S/C29H35FN4O4/c1-17-16-33(21-6-7-23(30)22(12-21)28(36)38-2)8-9-34(17)25-5-3-4-24(31-25)27(35)32-26-19-10-18-11-20(26)15-29(37,13-18)14-19/h3-7,12,17-20,26,37H,8-11,13-16H2,1-2H3,(H,32,35)/t17-,18?,19?,20?,26-,29-/m1/s1. The summed E-state index contributed by atoms with van der Waals surface area (Å²) in [5, 5.41) is 14.1. The summed E-state index contributed by atoms with van der Waals surface area (Å²) in [4.78, 5) is 34.2. The fraction of sp³-hybridized carbons (Fsp3) is 0.552. The minimum absolute atomic E-state index is 0.0752. The van der Waals surface area contributed by atoms with E-state index in [2.05, 4.69) is 22.0 Å². The molecule has 1 aliphatic heterocycles. The lowest BCUT2D eigenvalue weighted by atomic mass is 9.52. The number of esters is 1. The van der Waals surface area contributed by atoms with Gasteiger partial charge in [0.15, 0.2) is 0 Å². The number of ether oxygens (including phenoxy) is 1. The molecule has 0 spiro atoms. The lowest BCUT2D eigenvalue weighted by Gasteiger charge is -2.58. The highest BCUT2D eigenvalue weighted by Gasteiger charge is 2.55. The zero-order chi connectivity index (χ0) is 26.6. The van der Waals surface area contributed by atoms with Gasteiger partial charge >= 0.3 is 5.97 Å². The average molecular weight is 523 g/mol. The molecule has 38 heavy (non-hydrogen) atoms. The third-order valence-electron chi connectivity index (χ3n) is 9.15. The quantitative estimate of drug-likeness (QED) is 0.582. The van der Waals surface area contributed by atoms with Crippen molar-refractivity contribution in [2.45, 2.75) is 56.7 Å². The predicted molar refractivity (Wildman–Crippen MR) is 141 cm³/mol. The lowest BCUT2D eigenvalue weighted by molar-refractivity contribution is -0.136. The molecule has 2 unspecified atom stereocenters. The summed E-state index contributed by atoms with van der Waals surface area (Å²) < 4.78 is 18.8. The SMILES string of the molecule is COC(=O)c1cc(N2CCN(c3cccc(C(=O)N[C@H]4C5CC6CC4C[C@](O)(C6)C5)n3)[C@H](C)C2)ccc1F. The van der Waals surface area contributed by atoms with Crippen LogP contribution in [0.2, 0.25) is 0 Å². The van der Waals surface area contributed by atoms with Gasteiger partial charge in [0.05, 0.1) is 18.3 Å². The summed E-state index contributed by atoms with van der Waals surface area (Å²) >= 11 is 0. The van der Waals surface area contributed by atoms with E-state index in [1.165, 1.54) is 19.2 Å². The van der Waals surface area contributed by atoms with Gasteiger partial charge in [0.2, 0.25) is 0 Å². The number of pyridine rings is 1. The number of halogens is 1. The maximum absolute atomic E-state index is 14.1. The third-order valence-corrected chi connectivity index (χ3v) is 9.15. The number of hydrogen-bond acceptors (Lipinski definition) is 7. The first-order valence-electron chi connectivity index (χ1n) is 13.6. The smallest absolute Gasteiger partial charge is 0.340 e. The van der Waals surface area contributed by atoms with Gasteiger partial charge in [0.1, 0.15) is 17.3 Å². The number of anilines is 2. The maximum Gasteiger partial charge on any atom is 0.340 e. The van der Waals surface area contributed by atoms with E-state index in [4.69, 9.17) is 9.72 Å². The van der Waals surface area contributed by atoms with E-state index in [9.17, 15) is 19.1 Å². The van der Waals surface area contributed by atoms with Gasteiger partial charge in [-0.2, -0.15) is 0 Å². The number of nitrogens with zero attached hydrogens (tertiary/aromatic N) is 3. The summed E-state index contributed by atoms with van der Waals surface area (Å²) in [6, 6.07) is 10.3. The third kappa shape index (κ3) is 4.51. The first-order valence-corrected chi connectivity index (χ1v) is 13.6. The minimum Gasteiger partial charge on any atom is -0.465 e. The summed E-state index contributed by atoms with van der Waals surface area (Å²) in [7, 11) is 1.24. The van der Waals surface area contributed by atoms with Crippen LogP contribution in [-0.2, 0) is 4.74 Å². The molecule has 8 nitrogen and oxygen atoms in total. The van der Waals surface area contributed by atoms with Crippen LogP contribution in [-0.4, -0.2) is 66.4 Å². The molecule has 4 bridgehead atoms. The van der Waals surface area contributed by atoms with E-state index in [1.807, 2.05) is 12.1 Å². The van der Waals surface area contributed by atoms with Gasteiger partial charge < -0.3 is 25.0 Å². The second-order valence-corrected chi connectivity index (χ2v) is 11.7. The van der Waals surface area contributed by atoms with Crippen molar-refractivity contribution in [1.29, 1.82) is 0 Å². The maximum atomic E-state index is 14.1. The number of benzene rings is 1. The Morgan fingerprint density at radius 2 is 1.89 bits per heavy atom. The topological polar surface area (TPSA) is 95.0 Å². The largest absolute Gasteiger partial charge is 0.465 e. The van der Waals surface area contributed by atoms with Crippen molar-refractivity contribution in [2.24, 2.45) is 17.8 Å². The van der Waals surface area contributed by atoms with Crippen molar-refractivity contribution in [2.75, 3.05) is 36.5 Å². The van der Waals surface area contributed by atoms with Crippen LogP contribution in [0, 0.1) is 23.6 Å². The Kier molecular flexibility index (Phi) is 6.29. The highest BCUT2D eigenvalue weighted by molar-refractivity contribution is 5.93. The zero-order valence-electron chi connectivity index (χ0n) is 21.9. The number of carbonyl (C=O) groups is 2. The number of amides is 1. The molecule has 1 aromatic heterocycles. The first-order chi connectivity index (χ1) is 18.2. The number of methoxy groups -OCH3 is 1. The Labute approximate surface area is 222 Å². The van der Waals surface area contributed by atoms with Gasteiger partial charge in [-0.15, -0.1) is 0 Å². The molecule has 9 heteroatoms. The van der Waals surface area contributed by atoms with E-state index >= 15 is 0 Å². The fourth-order valence-electron chi connectivity index (χ4n) is 7.66. The number of nitrogens with one attached hydrogen (secondary N) is 1. The molecule has 1 saturated heterocycles. The molecule has 1 amide bonds. The van der Waals surface area contributed by atoms with Crippen LogP contribution in [0.5, 0.6) is 0 Å². The Hall–Kier alpha value is -3.20. The summed E-state index contributed by atoms with van der Waals surface area (Å²) in [5.41, 5.74) is 0.572. The zero-order valence-corrected chi connectivity index (χ0v) is 21.9. The minimum atomic E-state index is -0.695. The van der Waals surface area contributed by atoms with E-state index < -0.39 is 17.4 Å². The number of piperazine rings is 1. The molecule has 7 rings (SSSR count). The number of aliphatic hydroxyl groups is 1. The van der Waals surface area contributed by atoms with Gasteiger partial charge in [-0.05, 0) is 87.1 Å². The molecular weight excluding hydrogens is 487 g/mol. The number of carbonyl (C=O) groups excluding carboxylic acids is 2. The van der Waals surface area contributed by atoms with Gasteiger partial charge in [-0.3, -0.25) is 4.79 Å². The highest BCUT2D eigenvalue weighted by Crippen LogP contribution is 2.55. The highest BCUT2D eigenvalue weighted by atomic mass is 19.1. The molecule has 0 radical (unpaired) electrons. The van der Waals surface area contributed by atoms with Crippen molar-refractivity contribution >= 4 is 23.4 Å². The van der Waals surface area contributed by atoms with Crippen molar-refractivity contribution < 1.29 is 23.8 Å². The second-order valence-electron chi connectivity index (χ2n) is 11.7. The molecule has 2 heterocycles. The average Bonchev–Trinajstić information content (AvgIpc) is 2.89. The van der Waals surface area contributed by atoms with Crippen molar-refractivity contribution in [3.63, 3.8) is 0 Å². The summed E-state index contributed by atoms with van der Waals surface area (Å²) in [6.45, 7) is 4.06. The number of hydrogen-bond donors (Lipinski definition) is 2. The van der Waals surface area contributed by atoms with E-state index in [1.54, 1.807) is 12.1 Å². The Morgan fingerprint density at radius 3 is 2.58 bits per heavy atom. The summed E-state index contributed by atoms with van der Waals surface area (Å²) in [6.07, 6.45) is 4.68. The molecule has 202 valence electrons. The van der Waals surface area contributed by atoms with Crippen LogP contribution in [0.4, 0.5) is 15.9 Å². The molecule has 5 aliphatic rings. The lowest BCUT2D eigenvalue weighted by Crippen LogP contribution is -2.61. The van der Waals surface area contributed by atoms with Crippen LogP contribution in [0.1, 0.15) is 59.9 Å². The van der Waals surface area contributed by atoms with Crippen molar-refractivity contribution in [3.8, 4) is 0 Å². The van der Waals surface area contributed by atoms with Crippen molar-refractivity contribution in [1.82, 2.24) is 10.3 Å². The van der Waals surface area contributed by atoms with E-state index in [0.717, 1.165) is 43.6 Å². The molecular formula is C29H35FN4O4. The Morgan fingerprint density at radius 1 is 1.13 bits per heavy atom. The molecule has 4 aliphatic carbocycles. The number of aromatic nitrogens is 1. The molecule has 3 atom stereocenters. The first kappa shape index (κ1) is 25.1. The van der Waals surface area contributed by atoms with Gasteiger partial charge in [0.25, 0.3) is 5.91 Å². The summed E-state index contributed by atoms with van der Waals surface area (Å²) in [5.74, 6) is 0.586. The predicted octanol–water partition coefficient (Wildman–Crippen LogP) is 3.39. The molecule has 1 aromatic carbocycles. The van der Waals surface area contributed by atoms with Crippen molar-refractivity contribution in [3.05, 3.63) is 53.5 Å². The van der Waals surface area contributed by atoms with Gasteiger partial charge in [-0.25, -0.2) is 14.2 Å². The molecule has 4 saturated carbocycles. The fourth-order valence-corrected chi connectivity index (χ4v) is 7.66. The number of rotatable bonds is 5. The van der Waals surface area contributed by atoms with Gasteiger partial charge in [-0.1, -0.05) is 6.07 Å². The molecule has 2 N–H and O–H groups in total. The monoisotopic (exact) mass is 522 g/mol. The molecule has 5 fully saturated rings. The normalized spacial score (nSPS) is 31.8. The van der Waals surface area contributed by atoms with Crippen LogP contribution < -0.4 is 15.1 Å².